The van der Waals surface area contributed by atoms with Gasteiger partial charge in [-0.15, -0.1) is 0 Å². The van der Waals surface area contributed by atoms with Crippen molar-refractivity contribution >= 4 is 34.2 Å². The molecule has 2 heterocycles. The molecule has 1 saturated carbocycles. The fraction of sp³-hybridized carbons (Fsp3) is 0.433. The molecule has 1 aliphatic heterocycles. The Labute approximate surface area is 218 Å². The molecule has 5 rings (SSSR count). The molecule has 2 aromatic carbocycles. The summed E-state index contributed by atoms with van der Waals surface area (Å²) in [6.07, 6.45) is 9.11. The van der Waals surface area contributed by atoms with Crippen LogP contribution in [0.25, 0.3) is 10.9 Å². The number of carbonyl (C=O) groups is 2. The number of halogens is 1. The summed E-state index contributed by atoms with van der Waals surface area (Å²) in [4.78, 5) is 32.7. The van der Waals surface area contributed by atoms with Crippen LogP contribution in [0.5, 0.6) is 0 Å². The summed E-state index contributed by atoms with van der Waals surface area (Å²) in [5.41, 5.74) is 2.23. The third kappa shape index (κ3) is 5.79. The molecule has 1 aliphatic carbocycles. The van der Waals surface area contributed by atoms with Crippen LogP contribution in [-0.4, -0.2) is 47.3 Å². The third-order valence-electron chi connectivity index (χ3n) is 8.03. The maximum absolute atomic E-state index is 12.9. The number of fused-ring (bicyclic) bond motifs is 1. The van der Waals surface area contributed by atoms with E-state index >= 15 is 0 Å². The first-order valence-corrected chi connectivity index (χ1v) is 13.6. The highest BCUT2D eigenvalue weighted by Crippen LogP contribution is 2.29. The van der Waals surface area contributed by atoms with E-state index in [1.54, 1.807) is 12.3 Å². The summed E-state index contributed by atoms with van der Waals surface area (Å²) in [7, 11) is 0. The average Bonchev–Trinajstić information content (AvgIpc) is 2.92. The summed E-state index contributed by atoms with van der Waals surface area (Å²) in [6.45, 7) is 3.05. The molecular weight excluding hydrogens is 470 g/mol. The minimum atomic E-state index is 0.00579. The number of para-hydroxylation sites is 1. The van der Waals surface area contributed by atoms with Crippen molar-refractivity contribution in [3.05, 3.63) is 76.9 Å². The molecule has 2 fully saturated rings. The van der Waals surface area contributed by atoms with Crippen molar-refractivity contribution in [2.75, 3.05) is 19.6 Å². The highest BCUT2D eigenvalue weighted by Gasteiger charge is 2.28. The van der Waals surface area contributed by atoms with Gasteiger partial charge in [-0.05, 0) is 94.8 Å². The van der Waals surface area contributed by atoms with E-state index in [0.29, 0.717) is 22.1 Å². The third-order valence-corrected chi connectivity index (χ3v) is 8.36. The molecule has 3 aromatic rings. The number of amides is 1. The van der Waals surface area contributed by atoms with Gasteiger partial charge in [-0.1, -0.05) is 41.9 Å². The first-order chi connectivity index (χ1) is 17.6. The van der Waals surface area contributed by atoms with Gasteiger partial charge >= 0.3 is 0 Å². The Morgan fingerprint density at radius 1 is 0.889 bits per heavy atom. The monoisotopic (exact) mass is 503 g/mol. The van der Waals surface area contributed by atoms with Gasteiger partial charge in [0.25, 0.3) is 5.91 Å². The summed E-state index contributed by atoms with van der Waals surface area (Å²) in [6, 6.07) is 17.2. The lowest BCUT2D eigenvalue weighted by Gasteiger charge is -2.34. The number of hydrogen-bond acceptors (Lipinski definition) is 4. The van der Waals surface area contributed by atoms with Gasteiger partial charge in [0.05, 0.1) is 16.1 Å². The predicted octanol–water partition coefficient (Wildman–Crippen LogP) is 6.16. The number of ketones is 1. The number of benzene rings is 2. The lowest BCUT2D eigenvalue weighted by atomic mass is 9.83. The smallest absolute Gasteiger partial charge is 0.252 e. The molecule has 1 N–H and O–H groups in total. The van der Waals surface area contributed by atoms with Crippen LogP contribution >= 0.6 is 11.6 Å². The number of likely N-dealkylation sites (tertiary alicyclic amines) is 1. The molecule has 2 aliphatic rings. The van der Waals surface area contributed by atoms with Crippen LogP contribution in [0.2, 0.25) is 5.02 Å². The summed E-state index contributed by atoms with van der Waals surface area (Å²) >= 11 is 6.24. The Morgan fingerprint density at radius 2 is 1.61 bits per heavy atom. The molecule has 6 heteroatoms. The second-order valence-electron chi connectivity index (χ2n) is 10.3. The highest BCUT2D eigenvalue weighted by molar-refractivity contribution is 6.34. The first-order valence-electron chi connectivity index (χ1n) is 13.2. The number of nitrogens with one attached hydrogen (secondary N) is 1. The van der Waals surface area contributed by atoms with E-state index in [9.17, 15) is 9.59 Å². The van der Waals surface area contributed by atoms with E-state index in [2.05, 4.69) is 15.2 Å². The largest absolute Gasteiger partial charge is 0.349 e. The van der Waals surface area contributed by atoms with Gasteiger partial charge in [-0.3, -0.25) is 14.6 Å². The molecule has 0 unspecified atom stereocenters. The lowest BCUT2D eigenvalue weighted by Crippen LogP contribution is -2.39. The molecule has 5 nitrogen and oxygen atoms in total. The number of nitrogens with zero attached hydrogens (tertiary/aromatic N) is 2. The van der Waals surface area contributed by atoms with Crippen LogP contribution in [0.1, 0.15) is 65.7 Å². The van der Waals surface area contributed by atoms with Crippen molar-refractivity contribution in [3.8, 4) is 0 Å². The average molecular weight is 504 g/mol. The predicted molar refractivity (Wildman–Crippen MR) is 145 cm³/mol. The van der Waals surface area contributed by atoms with E-state index in [1.165, 1.54) is 6.42 Å². The number of Topliss-reactive ketones (excluding diaryl/α,β-unsaturated/α-hetero) is 1. The molecule has 36 heavy (non-hydrogen) atoms. The molecule has 0 atom stereocenters. The van der Waals surface area contributed by atoms with E-state index in [-0.39, 0.29) is 23.7 Å². The normalized spacial score (nSPS) is 21.4. The van der Waals surface area contributed by atoms with Crippen LogP contribution < -0.4 is 5.32 Å². The topological polar surface area (TPSA) is 62.3 Å². The number of carbonyl (C=O) groups excluding carboxylic acids is 2. The number of hydrogen-bond donors (Lipinski definition) is 1. The summed E-state index contributed by atoms with van der Waals surface area (Å²) in [5.74, 6) is 0.992. The Balaban J connectivity index is 1.04. The van der Waals surface area contributed by atoms with Gasteiger partial charge < -0.3 is 10.2 Å². The Bertz CT molecular complexity index is 1210. The molecule has 1 amide bonds. The van der Waals surface area contributed by atoms with Crippen molar-refractivity contribution in [2.45, 2.75) is 51.0 Å². The van der Waals surface area contributed by atoms with Crippen molar-refractivity contribution in [2.24, 2.45) is 11.8 Å². The van der Waals surface area contributed by atoms with E-state index in [4.69, 9.17) is 11.6 Å². The quantitative estimate of drug-likeness (QED) is 0.392. The van der Waals surface area contributed by atoms with E-state index in [0.717, 1.165) is 69.1 Å². The van der Waals surface area contributed by atoms with Crippen LogP contribution in [0.3, 0.4) is 0 Å². The van der Waals surface area contributed by atoms with Gasteiger partial charge in [0.15, 0.2) is 5.78 Å². The Hall–Kier alpha value is -2.76. The van der Waals surface area contributed by atoms with Crippen LogP contribution in [-0.2, 0) is 0 Å². The second kappa shape index (κ2) is 11.5. The van der Waals surface area contributed by atoms with Gasteiger partial charge in [0.2, 0.25) is 0 Å². The zero-order chi connectivity index (χ0) is 24.9. The molecule has 0 spiro atoms. The van der Waals surface area contributed by atoms with Crippen LogP contribution in [0.4, 0.5) is 0 Å². The maximum atomic E-state index is 12.9. The fourth-order valence-corrected chi connectivity index (χ4v) is 6.05. The number of piperidine rings is 1. The summed E-state index contributed by atoms with van der Waals surface area (Å²) in [5, 5.41) is 4.73. The highest BCUT2D eigenvalue weighted by atomic mass is 35.5. The van der Waals surface area contributed by atoms with Gasteiger partial charge in [0.1, 0.15) is 0 Å². The number of aromatic nitrogens is 1. The maximum Gasteiger partial charge on any atom is 0.252 e. The van der Waals surface area contributed by atoms with E-state index < -0.39 is 0 Å². The van der Waals surface area contributed by atoms with Gasteiger partial charge in [-0.25, -0.2) is 0 Å². The van der Waals surface area contributed by atoms with Gasteiger partial charge in [0, 0.05) is 29.1 Å². The lowest BCUT2D eigenvalue weighted by molar-refractivity contribution is 0.0832. The first kappa shape index (κ1) is 24.9. The minimum absolute atomic E-state index is 0.00579. The van der Waals surface area contributed by atoms with Crippen molar-refractivity contribution in [1.29, 1.82) is 0 Å². The van der Waals surface area contributed by atoms with Crippen LogP contribution in [0.15, 0.2) is 60.8 Å². The van der Waals surface area contributed by atoms with Crippen molar-refractivity contribution in [1.82, 2.24) is 15.2 Å². The zero-order valence-corrected chi connectivity index (χ0v) is 21.4. The number of pyridine rings is 1. The molecule has 0 radical (unpaired) electrons. The minimum Gasteiger partial charge on any atom is -0.349 e. The molecular formula is C30H34ClN3O2. The Morgan fingerprint density at radius 3 is 2.39 bits per heavy atom. The standard InChI is InChI=1S/C30H34ClN3O2/c31-27-7-3-1-6-26(27)29(35)22-15-19-34(20-16-22)18-14-21-9-11-23(12-10-21)33-30(36)25-13-17-32-28-8-4-2-5-24(25)28/h1-8,13,17,21-23H,9-12,14-16,18-20H2,(H,33,36)/t21-,23-. The molecule has 0 bridgehead atoms. The van der Waals surface area contributed by atoms with E-state index in [1.807, 2.05) is 48.5 Å². The molecule has 188 valence electrons. The molecule has 1 saturated heterocycles. The summed E-state index contributed by atoms with van der Waals surface area (Å²) < 4.78 is 0. The SMILES string of the molecule is O=C(N[C@H]1CC[C@H](CCN2CCC(C(=O)c3ccccc3Cl)CC2)CC1)c1ccnc2ccccc12. The van der Waals surface area contributed by atoms with Crippen molar-refractivity contribution < 1.29 is 9.59 Å². The van der Waals surface area contributed by atoms with Gasteiger partial charge in [-0.2, -0.15) is 0 Å². The zero-order valence-electron chi connectivity index (χ0n) is 20.7. The van der Waals surface area contributed by atoms with Crippen molar-refractivity contribution in [3.63, 3.8) is 0 Å². The second-order valence-corrected chi connectivity index (χ2v) is 10.7. The number of rotatable bonds is 7. The molecule has 1 aromatic heterocycles. The fourth-order valence-electron chi connectivity index (χ4n) is 5.82. The van der Waals surface area contributed by atoms with Crippen LogP contribution in [0, 0.1) is 11.8 Å². The Kier molecular flexibility index (Phi) is 7.98.